The number of benzene rings is 1. The van der Waals surface area contributed by atoms with Gasteiger partial charge in [0, 0.05) is 16.3 Å². The van der Waals surface area contributed by atoms with E-state index in [0.717, 1.165) is 21.1 Å². The maximum Gasteiger partial charge on any atom is 0.330 e. The lowest BCUT2D eigenvalue weighted by atomic mass is 10.0. The molecule has 3 amide bonds. The molecule has 0 radical (unpaired) electrons. The summed E-state index contributed by atoms with van der Waals surface area (Å²) in [7, 11) is 0. The van der Waals surface area contributed by atoms with Gasteiger partial charge in [-0.25, -0.2) is 4.79 Å². The monoisotopic (exact) mass is 361 g/mol. The Balaban J connectivity index is 1.75. The van der Waals surface area contributed by atoms with E-state index in [9.17, 15) is 14.4 Å². The number of halogens is 1. The van der Waals surface area contributed by atoms with Gasteiger partial charge >= 0.3 is 6.03 Å². The molecule has 4 rings (SSSR count). The number of rotatable bonds is 1. The number of hydrogen-bond acceptors (Lipinski definition) is 3. The minimum atomic E-state index is -0.587. The van der Waals surface area contributed by atoms with Crippen molar-refractivity contribution in [2.45, 2.75) is 25.4 Å². The fourth-order valence-corrected chi connectivity index (χ4v) is 3.83. The highest BCUT2D eigenvalue weighted by Gasteiger charge is 2.40. The molecule has 0 bridgehead atoms. The summed E-state index contributed by atoms with van der Waals surface area (Å²) in [6.07, 6.45) is 0.633. The SMILES string of the molecule is O=C1CCC(N2Cc3c(Br)c4ccccc4n3C2=O)C(=O)N1. The van der Waals surface area contributed by atoms with Gasteiger partial charge in [0.1, 0.15) is 6.04 Å². The third-order valence-electron chi connectivity index (χ3n) is 4.25. The fraction of sp³-hybridized carbons (Fsp3) is 0.267. The number of amides is 3. The molecule has 0 saturated carbocycles. The number of piperidine rings is 1. The summed E-state index contributed by atoms with van der Waals surface area (Å²) >= 11 is 3.55. The maximum atomic E-state index is 12.8. The highest BCUT2D eigenvalue weighted by atomic mass is 79.9. The molecule has 0 spiro atoms. The number of nitrogens with one attached hydrogen (secondary N) is 1. The van der Waals surface area contributed by atoms with E-state index in [4.69, 9.17) is 0 Å². The molecular weight excluding hydrogens is 350 g/mol. The molecule has 1 aromatic heterocycles. The van der Waals surface area contributed by atoms with E-state index in [1.807, 2.05) is 24.3 Å². The van der Waals surface area contributed by atoms with Crippen molar-refractivity contribution in [1.29, 1.82) is 0 Å². The van der Waals surface area contributed by atoms with Crippen molar-refractivity contribution in [1.82, 2.24) is 14.8 Å². The number of para-hydroxylation sites is 1. The summed E-state index contributed by atoms with van der Waals surface area (Å²) in [5.74, 6) is -0.671. The van der Waals surface area contributed by atoms with Crippen LogP contribution in [-0.2, 0) is 16.1 Å². The molecule has 1 atom stereocenters. The topological polar surface area (TPSA) is 71.4 Å². The van der Waals surface area contributed by atoms with Gasteiger partial charge in [0.05, 0.1) is 17.8 Å². The third-order valence-corrected chi connectivity index (χ3v) is 5.13. The van der Waals surface area contributed by atoms with Gasteiger partial charge < -0.3 is 4.90 Å². The first-order chi connectivity index (χ1) is 10.6. The predicted octanol–water partition coefficient (Wildman–Crippen LogP) is 1.99. The molecule has 1 aromatic carbocycles. The number of nitrogens with zero attached hydrogens (tertiary/aromatic N) is 2. The van der Waals surface area contributed by atoms with Gasteiger partial charge in [0.15, 0.2) is 0 Å². The lowest BCUT2D eigenvalue weighted by Crippen LogP contribution is -2.52. The molecule has 1 unspecified atom stereocenters. The average molecular weight is 362 g/mol. The molecule has 2 aliphatic rings. The summed E-state index contributed by atoms with van der Waals surface area (Å²) in [4.78, 5) is 37.6. The zero-order valence-corrected chi connectivity index (χ0v) is 13.1. The Labute approximate surface area is 134 Å². The summed E-state index contributed by atoms with van der Waals surface area (Å²) in [5, 5.41) is 3.29. The van der Waals surface area contributed by atoms with Crippen LogP contribution in [-0.4, -0.2) is 33.4 Å². The van der Waals surface area contributed by atoms with Crippen molar-refractivity contribution in [3.63, 3.8) is 0 Å². The van der Waals surface area contributed by atoms with Crippen LogP contribution in [0, 0.1) is 0 Å². The first-order valence-electron chi connectivity index (χ1n) is 7.00. The molecule has 3 heterocycles. The summed E-state index contributed by atoms with van der Waals surface area (Å²) < 4.78 is 2.52. The van der Waals surface area contributed by atoms with Gasteiger partial charge in [-0.3, -0.25) is 19.5 Å². The zero-order chi connectivity index (χ0) is 15.4. The van der Waals surface area contributed by atoms with Crippen LogP contribution in [0.1, 0.15) is 18.5 Å². The van der Waals surface area contributed by atoms with Crippen LogP contribution in [0.3, 0.4) is 0 Å². The molecular formula is C15H12BrN3O3. The Kier molecular flexibility index (Phi) is 2.87. The van der Waals surface area contributed by atoms with Crippen molar-refractivity contribution in [3.05, 3.63) is 34.4 Å². The van der Waals surface area contributed by atoms with Gasteiger partial charge in [0.2, 0.25) is 11.8 Å². The van der Waals surface area contributed by atoms with Crippen LogP contribution in [0.5, 0.6) is 0 Å². The molecule has 112 valence electrons. The summed E-state index contributed by atoms with van der Waals surface area (Å²) in [5.41, 5.74) is 1.67. The highest BCUT2D eigenvalue weighted by Crippen LogP contribution is 2.36. The van der Waals surface area contributed by atoms with Gasteiger partial charge in [-0.05, 0) is 28.4 Å². The third kappa shape index (κ3) is 1.75. The Morgan fingerprint density at radius 1 is 1.18 bits per heavy atom. The molecule has 22 heavy (non-hydrogen) atoms. The minimum Gasteiger partial charge on any atom is -0.306 e. The van der Waals surface area contributed by atoms with Crippen LogP contribution in [0.25, 0.3) is 10.9 Å². The second-order valence-electron chi connectivity index (χ2n) is 5.49. The Hall–Kier alpha value is -2.15. The highest BCUT2D eigenvalue weighted by molar-refractivity contribution is 9.10. The number of aromatic nitrogens is 1. The molecule has 1 N–H and O–H groups in total. The maximum absolute atomic E-state index is 12.8. The van der Waals surface area contributed by atoms with Crippen LogP contribution in [0.15, 0.2) is 28.7 Å². The van der Waals surface area contributed by atoms with Crippen molar-refractivity contribution >= 4 is 44.7 Å². The predicted molar refractivity (Wildman–Crippen MR) is 82.1 cm³/mol. The fourth-order valence-electron chi connectivity index (χ4n) is 3.19. The van der Waals surface area contributed by atoms with E-state index < -0.39 is 11.9 Å². The lowest BCUT2D eigenvalue weighted by Gasteiger charge is -2.28. The van der Waals surface area contributed by atoms with E-state index in [0.29, 0.717) is 13.0 Å². The molecule has 0 aliphatic carbocycles. The van der Waals surface area contributed by atoms with Crippen LogP contribution in [0.4, 0.5) is 4.79 Å². The number of carbonyl (C=O) groups is 3. The van der Waals surface area contributed by atoms with Crippen molar-refractivity contribution in [2.24, 2.45) is 0 Å². The molecule has 6 nitrogen and oxygen atoms in total. The number of imide groups is 1. The molecule has 1 fully saturated rings. The lowest BCUT2D eigenvalue weighted by molar-refractivity contribution is -0.136. The molecule has 2 aromatic rings. The standard InChI is InChI=1S/C15H12BrN3O3/c16-13-8-3-1-2-4-9(8)19-11(13)7-18(15(19)22)10-5-6-12(20)17-14(10)21/h1-4,10H,5-7H2,(H,17,20,21). The normalized spacial score (nSPS) is 21.4. The van der Waals surface area contributed by atoms with Crippen molar-refractivity contribution < 1.29 is 14.4 Å². The second-order valence-corrected chi connectivity index (χ2v) is 6.28. The van der Waals surface area contributed by atoms with Crippen molar-refractivity contribution in [2.75, 3.05) is 0 Å². The van der Waals surface area contributed by atoms with E-state index in [-0.39, 0.29) is 18.4 Å². The first-order valence-corrected chi connectivity index (χ1v) is 7.79. The number of fused-ring (bicyclic) bond motifs is 3. The van der Waals surface area contributed by atoms with Crippen molar-refractivity contribution in [3.8, 4) is 0 Å². The average Bonchev–Trinajstić information content (AvgIpc) is 2.97. The summed E-state index contributed by atoms with van der Waals surface area (Å²) in [6.45, 7) is 0.361. The van der Waals surface area contributed by atoms with Crippen LogP contribution < -0.4 is 5.32 Å². The first kappa shape index (κ1) is 13.5. The Bertz CT molecular complexity index is 842. The van der Waals surface area contributed by atoms with E-state index in [1.54, 1.807) is 4.57 Å². The van der Waals surface area contributed by atoms with E-state index >= 15 is 0 Å². The molecule has 7 heteroatoms. The van der Waals surface area contributed by atoms with Gasteiger partial charge in [-0.15, -0.1) is 0 Å². The molecule has 2 aliphatic heterocycles. The van der Waals surface area contributed by atoms with Gasteiger partial charge in [-0.1, -0.05) is 18.2 Å². The summed E-state index contributed by atoms with van der Waals surface area (Å²) in [6, 6.07) is 6.83. The zero-order valence-electron chi connectivity index (χ0n) is 11.5. The second kappa shape index (κ2) is 4.67. The number of hydrogen-bond donors (Lipinski definition) is 1. The van der Waals surface area contributed by atoms with Crippen LogP contribution >= 0.6 is 15.9 Å². The van der Waals surface area contributed by atoms with Gasteiger partial charge in [0.25, 0.3) is 0 Å². The largest absolute Gasteiger partial charge is 0.330 e. The minimum absolute atomic E-state index is 0.216. The Morgan fingerprint density at radius 3 is 2.73 bits per heavy atom. The Morgan fingerprint density at radius 2 is 1.95 bits per heavy atom. The number of carbonyl (C=O) groups excluding carboxylic acids is 3. The van der Waals surface area contributed by atoms with Crippen LogP contribution in [0.2, 0.25) is 0 Å². The van der Waals surface area contributed by atoms with Gasteiger partial charge in [-0.2, -0.15) is 0 Å². The quantitative estimate of drug-likeness (QED) is 0.789. The van der Waals surface area contributed by atoms with E-state index in [2.05, 4.69) is 21.2 Å². The van der Waals surface area contributed by atoms with E-state index in [1.165, 1.54) is 4.90 Å². The smallest absolute Gasteiger partial charge is 0.306 e. The molecule has 1 saturated heterocycles.